The lowest BCUT2D eigenvalue weighted by atomic mass is 10.2. The number of rotatable bonds is 1. The van der Waals surface area contributed by atoms with Gasteiger partial charge in [-0.3, -0.25) is 4.79 Å². The third-order valence-corrected chi connectivity index (χ3v) is 3.36. The molecule has 0 radical (unpaired) electrons. The maximum absolute atomic E-state index is 12.3. The lowest BCUT2D eigenvalue weighted by Crippen LogP contribution is -2.32. The lowest BCUT2D eigenvalue weighted by Gasteiger charge is -2.19. The van der Waals surface area contributed by atoms with Crippen molar-refractivity contribution in [3.8, 4) is 0 Å². The summed E-state index contributed by atoms with van der Waals surface area (Å²) >= 11 is 0. The second kappa shape index (κ2) is 4.28. The van der Waals surface area contributed by atoms with E-state index in [1.54, 1.807) is 12.3 Å². The highest BCUT2D eigenvalue weighted by molar-refractivity contribution is 5.96. The number of carbonyl (C=O) groups excluding carboxylic acids is 1. The van der Waals surface area contributed by atoms with E-state index >= 15 is 0 Å². The predicted octanol–water partition coefficient (Wildman–Crippen LogP) is 2.78. The zero-order chi connectivity index (χ0) is 11.7. The van der Waals surface area contributed by atoms with Gasteiger partial charge in [0.2, 0.25) is 0 Å². The molecule has 2 aromatic rings. The van der Waals surface area contributed by atoms with E-state index in [-0.39, 0.29) is 5.91 Å². The molecule has 1 N–H and O–H groups in total. The summed E-state index contributed by atoms with van der Waals surface area (Å²) in [7, 11) is 0. The molecule has 4 nitrogen and oxygen atoms in total. The van der Waals surface area contributed by atoms with Crippen LogP contribution in [0.4, 0.5) is 0 Å². The molecule has 1 fully saturated rings. The van der Waals surface area contributed by atoms with Crippen LogP contribution in [0.1, 0.15) is 36.2 Å². The van der Waals surface area contributed by atoms with Crippen molar-refractivity contribution in [2.75, 3.05) is 13.1 Å². The second-order valence-corrected chi connectivity index (χ2v) is 4.59. The summed E-state index contributed by atoms with van der Waals surface area (Å²) < 4.78 is 5.26. The van der Waals surface area contributed by atoms with Crippen molar-refractivity contribution < 1.29 is 9.21 Å². The van der Waals surface area contributed by atoms with Crippen molar-refractivity contribution in [3.63, 3.8) is 0 Å². The normalized spacial score (nSPS) is 17.3. The number of nitrogens with one attached hydrogen (secondary N) is 1. The topological polar surface area (TPSA) is 49.2 Å². The van der Waals surface area contributed by atoms with Crippen molar-refractivity contribution in [2.45, 2.75) is 25.7 Å². The van der Waals surface area contributed by atoms with Crippen LogP contribution in [0.2, 0.25) is 0 Å². The highest BCUT2D eigenvalue weighted by Crippen LogP contribution is 2.18. The molecule has 17 heavy (non-hydrogen) atoms. The Morgan fingerprint density at radius 2 is 2.00 bits per heavy atom. The van der Waals surface area contributed by atoms with Gasteiger partial charge in [-0.25, -0.2) is 0 Å². The molecule has 1 aliphatic heterocycles. The molecular formula is C13H16N2O2. The van der Waals surface area contributed by atoms with Gasteiger partial charge in [0.25, 0.3) is 5.91 Å². The van der Waals surface area contributed by atoms with Crippen molar-refractivity contribution in [3.05, 3.63) is 24.1 Å². The third kappa shape index (κ3) is 1.95. The maximum Gasteiger partial charge on any atom is 0.270 e. The predicted molar refractivity (Wildman–Crippen MR) is 64.9 cm³/mol. The molecule has 2 aromatic heterocycles. The van der Waals surface area contributed by atoms with Crippen LogP contribution >= 0.6 is 0 Å². The van der Waals surface area contributed by atoms with Crippen molar-refractivity contribution in [1.29, 1.82) is 0 Å². The van der Waals surface area contributed by atoms with Gasteiger partial charge in [0.05, 0.1) is 11.8 Å². The number of furan rings is 1. The number of amides is 1. The molecule has 0 bridgehead atoms. The molecule has 1 saturated heterocycles. The number of hydrogen-bond donors (Lipinski definition) is 1. The summed E-state index contributed by atoms with van der Waals surface area (Å²) in [5.41, 5.74) is 2.28. The van der Waals surface area contributed by atoms with Crippen LogP contribution < -0.4 is 0 Å². The van der Waals surface area contributed by atoms with Crippen LogP contribution in [0.3, 0.4) is 0 Å². The first-order valence-corrected chi connectivity index (χ1v) is 6.20. The van der Waals surface area contributed by atoms with E-state index < -0.39 is 0 Å². The van der Waals surface area contributed by atoms with Gasteiger partial charge in [-0.2, -0.15) is 0 Å². The van der Waals surface area contributed by atoms with Gasteiger partial charge in [-0.15, -0.1) is 0 Å². The summed E-state index contributed by atoms with van der Waals surface area (Å²) in [6, 6.07) is 3.64. The molecular weight excluding hydrogens is 216 g/mol. The molecule has 3 rings (SSSR count). The Morgan fingerprint density at radius 3 is 2.71 bits per heavy atom. The van der Waals surface area contributed by atoms with Crippen molar-refractivity contribution in [2.24, 2.45) is 0 Å². The molecule has 0 saturated carbocycles. The molecule has 90 valence electrons. The Labute approximate surface area is 99.6 Å². The van der Waals surface area contributed by atoms with E-state index in [2.05, 4.69) is 4.98 Å². The van der Waals surface area contributed by atoms with Crippen LogP contribution in [-0.4, -0.2) is 28.9 Å². The number of hydrogen-bond acceptors (Lipinski definition) is 2. The molecule has 1 aliphatic rings. The number of carbonyl (C=O) groups is 1. The number of aromatic nitrogens is 1. The summed E-state index contributed by atoms with van der Waals surface area (Å²) in [5.74, 6) is 0.0956. The number of likely N-dealkylation sites (tertiary alicyclic amines) is 1. The van der Waals surface area contributed by atoms with E-state index in [1.165, 1.54) is 12.8 Å². The Balaban J connectivity index is 1.82. The summed E-state index contributed by atoms with van der Waals surface area (Å²) in [5, 5.41) is 0. The maximum atomic E-state index is 12.3. The molecule has 4 heteroatoms. The Bertz CT molecular complexity index is 490. The van der Waals surface area contributed by atoms with Crippen molar-refractivity contribution in [1.82, 2.24) is 9.88 Å². The number of aromatic amines is 1. The first-order chi connectivity index (χ1) is 8.34. The molecule has 3 heterocycles. The van der Waals surface area contributed by atoms with Crippen LogP contribution in [0, 0.1) is 0 Å². The fourth-order valence-corrected chi connectivity index (χ4v) is 2.41. The van der Waals surface area contributed by atoms with Crippen LogP contribution in [0.25, 0.3) is 11.1 Å². The molecule has 0 unspecified atom stereocenters. The average Bonchev–Trinajstić information content (AvgIpc) is 2.80. The van der Waals surface area contributed by atoms with Gasteiger partial charge in [-0.05, 0) is 12.8 Å². The molecule has 0 aliphatic carbocycles. The van der Waals surface area contributed by atoms with E-state index in [0.717, 1.165) is 37.0 Å². The fraction of sp³-hybridized carbons (Fsp3) is 0.462. The number of fused-ring (bicyclic) bond motifs is 1. The Kier molecular flexibility index (Phi) is 2.63. The Morgan fingerprint density at radius 1 is 1.24 bits per heavy atom. The average molecular weight is 232 g/mol. The van der Waals surface area contributed by atoms with Crippen molar-refractivity contribution >= 4 is 17.0 Å². The number of H-pyrrole nitrogens is 1. The minimum Gasteiger partial charge on any atom is -0.463 e. The van der Waals surface area contributed by atoms with Crippen LogP contribution in [-0.2, 0) is 0 Å². The quantitative estimate of drug-likeness (QED) is 0.821. The summed E-state index contributed by atoms with van der Waals surface area (Å²) in [6.07, 6.45) is 6.32. The zero-order valence-corrected chi connectivity index (χ0v) is 9.74. The lowest BCUT2D eigenvalue weighted by molar-refractivity contribution is 0.0756. The highest BCUT2D eigenvalue weighted by Gasteiger charge is 2.19. The third-order valence-electron chi connectivity index (χ3n) is 3.36. The highest BCUT2D eigenvalue weighted by atomic mass is 16.3. The molecule has 0 aromatic carbocycles. The number of nitrogens with zero attached hydrogens (tertiary/aromatic N) is 1. The molecule has 0 spiro atoms. The first kappa shape index (κ1) is 10.4. The van der Waals surface area contributed by atoms with Gasteiger partial charge in [0, 0.05) is 25.2 Å². The Hall–Kier alpha value is -1.71. The van der Waals surface area contributed by atoms with E-state index in [1.807, 2.05) is 11.0 Å². The smallest absolute Gasteiger partial charge is 0.270 e. The van der Waals surface area contributed by atoms with Gasteiger partial charge in [-0.1, -0.05) is 12.8 Å². The van der Waals surface area contributed by atoms with E-state index in [0.29, 0.717) is 5.69 Å². The van der Waals surface area contributed by atoms with Crippen LogP contribution in [0.5, 0.6) is 0 Å². The van der Waals surface area contributed by atoms with E-state index in [4.69, 9.17) is 4.42 Å². The molecule has 0 atom stereocenters. The fourth-order valence-electron chi connectivity index (χ4n) is 2.41. The zero-order valence-electron chi connectivity index (χ0n) is 9.74. The van der Waals surface area contributed by atoms with Gasteiger partial charge >= 0.3 is 0 Å². The SMILES string of the molecule is O=C(c1cc2occc2[nH]1)N1CCCCCC1. The largest absolute Gasteiger partial charge is 0.463 e. The summed E-state index contributed by atoms with van der Waals surface area (Å²) in [6.45, 7) is 1.75. The van der Waals surface area contributed by atoms with E-state index in [9.17, 15) is 4.79 Å². The standard InChI is InChI=1S/C13H16N2O2/c16-13(15-6-3-1-2-4-7-15)11-9-12-10(14-11)5-8-17-12/h5,8-9,14H,1-4,6-7H2. The van der Waals surface area contributed by atoms with Gasteiger partial charge in [0.15, 0.2) is 5.58 Å². The van der Waals surface area contributed by atoms with Gasteiger partial charge < -0.3 is 14.3 Å². The monoisotopic (exact) mass is 232 g/mol. The minimum absolute atomic E-state index is 0.0956. The minimum atomic E-state index is 0.0956. The second-order valence-electron chi connectivity index (χ2n) is 4.59. The van der Waals surface area contributed by atoms with Crippen LogP contribution in [0.15, 0.2) is 22.8 Å². The van der Waals surface area contributed by atoms with Gasteiger partial charge in [0.1, 0.15) is 5.69 Å². The molecule has 1 amide bonds. The first-order valence-electron chi connectivity index (χ1n) is 6.20. The summed E-state index contributed by atoms with van der Waals surface area (Å²) in [4.78, 5) is 17.3.